The van der Waals surface area contributed by atoms with E-state index in [0.717, 1.165) is 0 Å². The van der Waals surface area contributed by atoms with Crippen LogP contribution >= 0.6 is 0 Å². The van der Waals surface area contributed by atoms with Gasteiger partial charge >= 0.3 is 0 Å². The molecule has 0 aliphatic rings. The Morgan fingerprint density at radius 3 is 1.93 bits per heavy atom. The molecule has 1 nitrogen and oxygen atoms in total. The number of nitrogens with zero attached hydrogens (tertiary/aromatic N) is 1. The minimum atomic E-state index is 1.27. The standard InChI is InChI=1S/C13H15N/c1-10-6-4-5-7-13(10)14-8-11(2)12(3)9-14/h4-9H,1-3H3. The Hall–Kier alpha value is -1.50. The third-order valence-electron chi connectivity index (χ3n) is 2.68. The molecular formula is C13H15N. The van der Waals surface area contributed by atoms with Crippen molar-refractivity contribution in [2.24, 2.45) is 0 Å². The van der Waals surface area contributed by atoms with Gasteiger partial charge in [0.25, 0.3) is 0 Å². The van der Waals surface area contributed by atoms with Crippen molar-refractivity contribution in [2.75, 3.05) is 0 Å². The average Bonchev–Trinajstić information content (AvgIpc) is 2.48. The largest absolute Gasteiger partial charge is 0.323 e. The van der Waals surface area contributed by atoms with Crippen LogP contribution in [0.5, 0.6) is 0 Å². The fourth-order valence-corrected chi connectivity index (χ4v) is 1.65. The van der Waals surface area contributed by atoms with Crippen LogP contribution in [0.15, 0.2) is 36.7 Å². The summed E-state index contributed by atoms with van der Waals surface area (Å²) in [6, 6.07) is 8.43. The van der Waals surface area contributed by atoms with E-state index < -0.39 is 0 Å². The number of rotatable bonds is 1. The van der Waals surface area contributed by atoms with Crippen molar-refractivity contribution in [3.05, 3.63) is 53.3 Å². The van der Waals surface area contributed by atoms with Gasteiger partial charge in [0.15, 0.2) is 0 Å². The molecular weight excluding hydrogens is 170 g/mol. The van der Waals surface area contributed by atoms with Crippen LogP contribution in [0.4, 0.5) is 0 Å². The van der Waals surface area contributed by atoms with Gasteiger partial charge in [0.2, 0.25) is 0 Å². The van der Waals surface area contributed by atoms with Gasteiger partial charge in [0.1, 0.15) is 0 Å². The molecule has 1 aromatic carbocycles. The van der Waals surface area contributed by atoms with Crippen LogP contribution in [0.2, 0.25) is 0 Å². The van der Waals surface area contributed by atoms with Crippen molar-refractivity contribution < 1.29 is 0 Å². The Morgan fingerprint density at radius 2 is 1.36 bits per heavy atom. The summed E-state index contributed by atoms with van der Waals surface area (Å²) in [4.78, 5) is 0. The Morgan fingerprint density at radius 1 is 0.786 bits per heavy atom. The summed E-state index contributed by atoms with van der Waals surface area (Å²) < 4.78 is 2.19. The van der Waals surface area contributed by atoms with E-state index >= 15 is 0 Å². The summed E-state index contributed by atoms with van der Waals surface area (Å²) in [5, 5.41) is 0. The number of aromatic nitrogens is 1. The smallest absolute Gasteiger partial charge is 0.0478 e. The van der Waals surface area contributed by atoms with E-state index in [0.29, 0.717) is 0 Å². The molecule has 2 rings (SSSR count). The zero-order chi connectivity index (χ0) is 10.1. The molecule has 72 valence electrons. The highest BCUT2D eigenvalue weighted by atomic mass is 14.9. The lowest BCUT2D eigenvalue weighted by Gasteiger charge is -2.05. The number of para-hydroxylation sites is 1. The summed E-state index contributed by atoms with van der Waals surface area (Å²) in [7, 11) is 0. The van der Waals surface area contributed by atoms with E-state index in [1.54, 1.807) is 0 Å². The van der Waals surface area contributed by atoms with E-state index in [1.165, 1.54) is 22.4 Å². The van der Waals surface area contributed by atoms with Crippen molar-refractivity contribution in [1.82, 2.24) is 4.57 Å². The predicted octanol–water partition coefficient (Wildman–Crippen LogP) is 3.40. The van der Waals surface area contributed by atoms with Gasteiger partial charge < -0.3 is 4.57 Å². The van der Waals surface area contributed by atoms with Gasteiger partial charge in [0.05, 0.1) is 0 Å². The van der Waals surface area contributed by atoms with Crippen LogP contribution in [-0.2, 0) is 0 Å². The fourth-order valence-electron chi connectivity index (χ4n) is 1.65. The first-order valence-electron chi connectivity index (χ1n) is 4.89. The van der Waals surface area contributed by atoms with Crippen LogP contribution in [-0.4, -0.2) is 4.57 Å². The Labute approximate surface area is 85.0 Å². The molecule has 0 atom stereocenters. The van der Waals surface area contributed by atoms with Crippen molar-refractivity contribution in [1.29, 1.82) is 0 Å². The third-order valence-corrected chi connectivity index (χ3v) is 2.68. The minimum Gasteiger partial charge on any atom is -0.323 e. The molecule has 0 bridgehead atoms. The monoisotopic (exact) mass is 185 g/mol. The SMILES string of the molecule is Cc1cn(-c2ccccc2C)cc1C. The molecule has 0 aliphatic carbocycles. The van der Waals surface area contributed by atoms with E-state index in [-0.39, 0.29) is 0 Å². The van der Waals surface area contributed by atoms with Crippen molar-refractivity contribution in [2.45, 2.75) is 20.8 Å². The highest BCUT2D eigenvalue weighted by Gasteiger charge is 2.01. The van der Waals surface area contributed by atoms with Crippen LogP contribution in [0.25, 0.3) is 5.69 Å². The fraction of sp³-hybridized carbons (Fsp3) is 0.231. The normalized spacial score (nSPS) is 10.5. The molecule has 2 aromatic rings. The van der Waals surface area contributed by atoms with Crippen molar-refractivity contribution in [3.8, 4) is 5.69 Å². The zero-order valence-electron chi connectivity index (χ0n) is 8.91. The van der Waals surface area contributed by atoms with Gasteiger partial charge in [-0.05, 0) is 43.5 Å². The first-order chi connectivity index (χ1) is 6.68. The summed E-state index contributed by atoms with van der Waals surface area (Å²) in [6.45, 7) is 6.42. The Kier molecular flexibility index (Phi) is 2.16. The minimum absolute atomic E-state index is 1.27. The zero-order valence-corrected chi connectivity index (χ0v) is 8.91. The van der Waals surface area contributed by atoms with Gasteiger partial charge in [-0.2, -0.15) is 0 Å². The lowest BCUT2D eigenvalue weighted by molar-refractivity contribution is 1.05. The number of hydrogen-bond acceptors (Lipinski definition) is 0. The topological polar surface area (TPSA) is 4.93 Å². The average molecular weight is 185 g/mol. The van der Waals surface area contributed by atoms with E-state index in [4.69, 9.17) is 0 Å². The maximum Gasteiger partial charge on any atom is 0.0478 e. The van der Waals surface area contributed by atoms with Gasteiger partial charge in [-0.1, -0.05) is 18.2 Å². The second-order valence-electron chi connectivity index (χ2n) is 3.82. The highest BCUT2D eigenvalue weighted by molar-refractivity contribution is 5.42. The predicted molar refractivity (Wildman–Crippen MR) is 60.0 cm³/mol. The highest BCUT2D eigenvalue weighted by Crippen LogP contribution is 2.17. The number of benzene rings is 1. The number of aryl methyl sites for hydroxylation is 3. The molecule has 1 heteroatoms. The van der Waals surface area contributed by atoms with Crippen LogP contribution in [0.3, 0.4) is 0 Å². The molecule has 0 fully saturated rings. The van der Waals surface area contributed by atoms with Gasteiger partial charge in [-0.3, -0.25) is 0 Å². The maximum atomic E-state index is 2.19. The van der Waals surface area contributed by atoms with Gasteiger partial charge in [-0.15, -0.1) is 0 Å². The third kappa shape index (κ3) is 1.46. The molecule has 14 heavy (non-hydrogen) atoms. The number of hydrogen-bond donors (Lipinski definition) is 0. The molecule has 1 aromatic heterocycles. The van der Waals surface area contributed by atoms with E-state index in [2.05, 4.69) is 62.0 Å². The lowest BCUT2D eigenvalue weighted by atomic mass is 10.2. The van der Waals surface area contributed by atoms with Crippen LogP contribution in [0, 0.1) is 20.8 Å². The molecule has 0 N–H and O–H groups in total. The Bertz CT molecular complexity index is 433. The van der Waals surface area contributed by atoms with Gasteiger partial charge in [-0.25, -0.2) is 0 Å². The molecule has 1 heterocycles. The van der Waals surface area contributed by atoms with Crippen LogP contribution < -0.4 is 0 Å². The quantitative estimate of drug-likeness (QED) is 0.641. The molecule has 0 radical (unpaired) electrons. The van der Waals surface area contributed by atoms with Crippen molar-refractivity contribution >= 4 is 0 Å². The lowest BCUT2D eigenvalue weighted by Crippen LogP contribution is -1.92. The van der Waals surface area contributed by atoms with Crippen LogP contribution in [0.1, 0.15) is 16.7 Å². The molecule has 0 saturated carbocycles. The van der Waals surface area contributed by atoms with E-state index in [1.807, 2.05) is 0 Å². The van der Waals surface area contributed by atoms with E-state index in [9.17, 15) is 0 Å². The first kappa shape index (κ1) is 9.07. The Balaban J connectivity index is 2.55. The molecule has 0 amide bonds. The molecule has 0 unspecified atom stereocenters. The van der Waals surface area contributed by atoms with Gasteiger partial charge in [0, 0.05) is 18.1 Å². The molecule has 0 aliphatic heterocycles. The summed E-state index contributed by atoms with van der Waals surface area (Å²) >= 11 is 0. The summed E-state index contributed by atoms with van der Waals surface area (Å²) in [5.74, 6) is 0. The second-order valence-corrected chi connectivity index (χ2v) is 3.82. The summed E-state index contributed by atoms with van der Waals surface area (Å²) in [5.41, 5.74) is 5.26. The molecule has 0 spiro atoms. The maximum absolute atomic E-state index is 2.19. The van der Waals surface area contributed by atoms with Crippen molar-refractivity contribution in [3.63, 3.8) is 0 Å². The molecule has 0 saturated heterocycles. The summed E-state index contributed by atoms with van der Waals surface area (Å²) in [6.07, 6.45) is 4.36. The first-order valence-corrected chi connectivity index (χ1v) is 4.89. The second kappa shape index (κ2) is 3.33.